The maximum Gasteiger partial charge on any atom is 0.126 e. The number of methoxy groups -OCH3 is 1. The number of aromatic nitrogens is 3. The van der Waals surface area contributed by atoms with Crippen LogP contribution in [-0.4, -0.2) is 33.2 Å². The third-order valence-electron chi connectivity index (χ3n) is 7.14. The molecule has 1 aliphatic carbocycles. The molecule has 0 amide bonds. The van der Waals surface area contributed by atoms with Gasteiger partial charge in [-0.3, -0.25) is 9.88 Å². The molecule has 0 aliphatic heterocycles. The lowest BCUT2D eigenvalue weighted by Crippen LogP contribution is -2.35. The molecule has 2 heterocycles. The maximum absolute atomic E-state index is 5.86. The number of para-hydroxylation sites is 2. The number of pyridine rings is 1. The second-order valence-electron chi connectivity index (χ2n) is 9.14. The largest absolute Gasteiger partial charge is 0.497 e. The fraction of sp³-hybridized carbons (Fsp3) is 0.379. The Bertz CT molecular complexity index is 1270. The summed E-state index contributed by atoms with van der Waals surface area (Å²) in [5.74, 6) is 1.89. The molecule has 0 saturated heterocycles. The molecular weight excluding hydrogens is 436 g/mol. The summed E-state index contributed by atoms with van der Waals surface area (Å²) in [6, 6.07) is 21.4. The van der Waals surface area contributed by atoms with Gasteiger partial charge in [0.2, 0.25) is 0 Å². The molecule has 182 valence electrons. The summed E-state index contributed by atoms with van der Waals surface area (Å²) in [6.45, 7) is 6.18. The second kappa shape index (κ2) is 10.6. The number of fused-ring (bicyclic) bond motifs is 2. The highest BCUT2D eigenvalue weighted by atomic mass is 16.5. The van der Waals surface area contributed by atoms with Crippen LogP contribution in [0.3, 0.4) is 0 Å². The fourth-order valence-corrected chi connectivity index (χ4v) is 5.23. The lowest BCUT2D eigenvalue weighted by atomic mass is 9.89. The molecule has 0 fully saturated rings. The first-order chi connectivity index (χ1) is 17.2. The molecule has 1 aliphatic rings. The molecule has 1 unspecified atom stereocenters. The number of hydrogen-bond acceptors (Lipinski definition) is 5. The number of aryl methyl sites for hydroxylation is 1. The van der Waals surface area contributed by atoms with Crippen LogP contribution in [0.5, 0.6) is 5.75 Å². The number of benzene rings is 2. The first-order valence-corrected chi connectivity index (χ1v) is 12.5. The van der Waals surface area contributed by atoms with Gasteiger partial charge in [-0.05, 0) is 74.6 Å². The highest BCUT2D eigenvalue weighted by molar-refractivity contribution is 5.75. The van der Waals surface area contributed by atoms with Gasteiger partial charge in [-0.2, -0.15) is 0 Å². The van der Waals surface area contributed by atoms with Gasteiger partial charge in [0, 0.05) is 18.8 Å². The normalized spacial score (nSPS) is 16.4. The van der Waals surface area contributed by atoms with Crippen LogP contribution in [0.4, 0.5) is 0 Å². The van der Waals surface area contributed by atoms with E-state index in [9.17, 15) is 0 Å². The molecule has 6 heteroatoms. The molecule has 2 aromatic carbocycles. The number of rotatable bonds is 9. The van der Waals surface area contributed by atoms with Crippen LogP contribution in [-0.2, 0) is 24.4 Å². The molecule has 6 nitrogen and oxygen atoms in total. The molecule has 0 N–H and O–H groups in total. The quantitative estimate of drug-likeness (QED) is 0.297. The van der Waals surface area contributed by atoms with Gasteiger partial charge in [-0.15, -0.1) is 0 Å². The maximum atomic E-state index is 5.86. The minimum atomic E-state index is 0.166. The first-order valence-electron chi connectivity index (χ1n) is 12.5. The molecule has 4 aromatic rings. The summed E-state index contributed by atoms with van der Waals surface area (Å²) in [5.41, 5.74) is 5.92. The minimum absolute atomic E-state index is 0.166. The molecule has 2 atom stereocenters. The van der Waals surface area contributed by atoms with Crippen molar-refractivity contribution in [1.82, 2.24) is 19.4 Å². The van der Waals surface area contributed by atoms with Crippen molar-refractivity contribution in [2.24, 2.45) is 0 Å². The highest BCUT2D eigenvalue weighted by Gasteiger charge is 2.32. The number of imidazole rings is 1. The Morgan fingerprint density at radius 3 is 2.71 bits per heavy atom. The van der Waals surface area contributed by atoms with Crippen LogP contribution >= 0.6 is 0 Å². The molecular formula is C29H34N4O2. The predicted molar refractivity (Wildman–Crippen MR) is 138 cm³/mol. The van der Waals surface area contributed by atoms with E-state index in [0.29, 0.717) is 19.9 Å². The van der Waals surface area contributed by atoms with Crippen molar-refractivity contribution >= 4 is 11.0 Å². The summed E-state index contributed by atoms with van der Waals surface area (Å²) in [4.78, 5) is 12.5. The zero-order valence-corrected chi connectivity index (χ0v) is 20.9. The summed E-state index contributed by atoms with van der Waals surface area (Å²) in [5, 5.41) is 0. The summed E-state index contributed by atoms with van der Waals surface area (Å²) in [6.07, 6.45) is 5.26. The van der Waals surface area contributed by atoms with Crippen LogP contribution in [0.15, 0.2) is 66.9 Å². The predicted octanol–water partition coefficient (Wildman–Crippen LogP) is 6.07. The number of hydrogen-bond donors (Lipinski definition) is 0. The summed E-state index contributed by atoms with van der Waals surface area (Å²) in [7, 11) is 1.71. The van der Waals surface area contributed by atoms with Crippen molar-refractivity contribution in [1.29, 1.82) is 0 Å². The van der Waals surface area contributed by atoms with E-state index in [4.69, 9.17) is 19.4 Å². The topological polar surface area (TPSA) is 52.4 Å². The van der Waals surface area contributed by atoms with Crippen molar-refractivity contribution in [3.63, 3.8) is 0 Å². The van der Waals surface area contributed by atoms with E-state index in [-0.39, 0.29) is 12.1 Å². The van der Waals surface area contributed by atoms with Gasteiger partial charge in [0.25, 0.3) is 0 Å². The molecule has 5 rings (SSSR count). The van der Waals surface area contributed by atoms with E-state index >= 15 is 0 Å². The van der Waals surface area contributed by atoms with Crippen molar-refractivity contribution < 1.29 is 9.47 Å². The van der Waals surface area contributed by atoms with E-state index in [0.717, 1.165) is 41.9 Å². The van der Waals surface area contributed by atoms with Crippen molar-refractivity contribution in [2.45, 2.75) is 58.5 Å². The van der Waals surface area contributed by atoms with E-state index in [1.54, 1.807) is 7.11 Å². The van der Waals surface area contributed by atoms with Crippen molar-refractivity contribution in [2.75, 3.05) is 13.7 Å². The summed E-state index contributed by atoms with van der Waals surface area (Å²) < 4.78 is 13.5. The van der Waals surface area contributed by atoms with Gasteiger partial charge in [-0.25, -0.2) is 4.98 Å². The van der Waals surface area contributed by atoms with Gasteiger partial charge in [-0.1, -0.05) is 30.3 Å². The Labute approximate surface area is 207 Å². The number of nitrogens with zero attached hydrogens (tertiary/aromatic N) is 4. The van der Waals surface area contributed by atoms with E-state index < -0.39 is 0 Å². The molecule has 2 aromatic heterocycles. The van der Waals surface area contributed by atoms with Crippen LogP contribution in [0, 0.1) is 0 Å². The van der Waals surface area contributed by atoms with Crippen LogP contribution in [0.25, 0.3) is 11.0 Å². The third kappa shape index (κ3) is 4.81. The highest BCUT2D eigenvalue weighted by Crippen LogP contribution is 2.39. The molecule has 35 heavy (non-hydrogen) atoms. The Hall–Kier alpha value is -3.22. The Morgan fingerprint density at radius 1 is 1.09 bits per heavy atom. The molecule has 0 saturated carbocycles. The van der Waals surface area contributed by atoms with E-state index in [2.05, 4.69) is 58.9 Å². The standard InChI is InChI=1S/C29H34N4O2/c1-4-35-20-33-26-12-6-5-11-25(26)31-28(33)19-32(21(2)22-14-16-24(34-3)17-15-22)27-13-7-9-23-10-8-18-30-29(23)27/h5-6,8,10-12,14-18,21,27H,4,7,9,13,19-20H2,1-3H3/t21-,27?/m0/s1. The van der Waals surface area contributed by atoms with Crippen molar-refractivity contribution in [3.8, 4) is 5.75 Å². The fourth-order valence-electron chi connectivity index (χ4n) is 5.23. The van der Waals surface area contributed by atoms with Gasteiger partial charge >= 0.3 is 0 Å². The Morgan fingerprint density at radius 2 is 1.91 bits per heavy atom. The van der Waals surface area contributed by atoms with Crippen LogP contribution in [0.2, 0.25) is 0 Å². The first kappa shape index (κ1) is 23.5. The molecule has 0 radical (unpaired) electrons. The average molecular weight is 471 g/mol. The lowest BCUT2D eigenvalue weighted by molar-refractivity contribution is 0.0775. The Balaban J connectivity index is 1.57. The minimum Gasteiger partial charge on any atom is -0.497 e. The Kier molecular flexibility index (Phi) is 7.11. The average Bonchev–Trinajstić information content (AvgIpc) is 3.27. The monoisotopic (exact) mass is 470 g/mol. The van der Waals surface area contributed by atoms with Gasteiger partial charge < -0.3 is 14.0 Å². The molecule has 0 bridgehead atoms. The zero-order chi connectivity index (χ0) is 24.2. The zero-order valence-electron chi connectivity index (χ0n) is 20.9. The molecule has 0 spiro atoms. The van der Waals surface area contributed by atoms with Gasteiger partial charge in [0.1, 0.15) is 18.3 Å². The SMILES string of the molecule is CCOCn1c(CN(C2CCCc3cccnc32)[C@@H](C)c2ccc(OC)cc2)nc2ccccc21. The summed E-state index contributed by atoms with van der Waals surface area (Å²) >= 11 is 0. The third-order valence-corrected chi connectivity index (χ3v) is 7.14. The van der Waals surface area contributed by atoms with E-state index in [1.165, 1.54) is 16.8 Å². The van der Waals surface area contributed by atoms with Gasteiger partial charge in [0.15, 0.2) is 0 Å². The van der Waals surface area contributed by atoms with Gasteiger partial charge in [0.05, 0.1) is 36.4 Å². The second-order valence-corrected chi connectivity index (χ2v) is 9.14. The smallest absolute Gasteiger partial charge is 0.126 e. The van der Waals surface area contributed by atoms with Crippen LogP contribution < -0.4 is 4.74 Å². The van der Waals surface area contributed by atoms with Crippen molar-refractivity contribution in [3.05, 3.63) is 89.5 Å². The van der Waals surface area contributed by atoms with Crippen LogP contribution in [0.1, 0.15) is 61.4 Å². The van der Waals surface area contributed by atoms with E-state index in [1.807, 2.05) is 31.3 Å². The number of ether oxygens (including phenoxy) is 2. The lowest BCUT2D eigenvalue weighted by Gasteiger charge is -2.39.